The molecule has 1 atom stereocenters. The second kappa shape index (κ2) is 5.87. The summed E-state index contributed by atoms with van der Waals surface area (Å²) < 4.78 is 16.1. The summed E-state index contributed by atoms with van der Waals surface area (Å²) in [6.45, 7) is 2.26. The Hall–Kier alpha value is -3.28. The van der Waals surface area contributed by atoms with Gasteiger partial charge in [-0.05, 0) is 42.3 Å². The van der Waals surface area contributed by atoms with Gasteiger partial charge in [0.2, 0.25) is 12.7 Å². The zero-order valence-electron chi connectivity index (χ0n) is 14.7. The van der Waals surface area contributed by atoms with E-state index >= 15 is 0 Å². The van der Waals surface area contributed by atoms with Crippen LogP contribution in [0.1, 0.15) is 23.5 Å². The number of anilines is 1. The van der Waals surface area contributed by atoms with Crippen molar-refractivity contribution in [2.24, 2.45) is 0 Å². The third kappa shape index (κ3) is 2.48. The lowest BCUT2D eigenvalue weighted by atomic mass is 9.84. The van der Waals surface area contributed by atoms with Gasteiger partial charge in [-0.15, -0.1) is 0 Å². The lowest BCUT2D eigenvalue weighted by Crippen LogP contribution is -2.37. The number of esters is 1. The molecule has 0 bridgehead atoms. The highest BCUT2D eigenvalue weighted by molar-refractivity contribution is 6.06. The monoisotopic (exact) mass is 363 g/mol. The van der Waals surface area contributed by atoms with Gasteiger partial charge in [-0.25, -0.2) is 4.79 Å². The van der Waals surface area contributed by atoms with Crippen LogP contribution in [0.4, 0.5) is 5.69 Å². The van der Waals surface area contributed by atoms with E-state index in [4.69, 9.17) is 14.2 Å². The maximum atomic E-state index is 13.0. The first-order valence-electron chi connectivity index (χ1n) is 8.81. The van der Waals surface area contributed by atoms with E-state index in [1.54, 1.807) is 4.90 Å². The standard InChI is InChI=1S/C21H17NO5/c1-12-3-2-4-14(7-12)22-16-10-25-21(24)20(16)15(9-19(22)23)13-5-6-17-18(8-13)27-11-26-17/h2-8,15H,9-11H2,1H3. The van der Waals surface area contributed by atoms with Gasteiger partial charge in [-0.1, -0.05) is 18.2 Å². The zero-order chi connectivity index (χ0) is 18.5. The molecule has 0 radical (unpaired) electrons. The second-order valence-electron chi connectivity index (χ2n) is 6.87. The smallest absolute Gasteiger partial charge is 0.336 e. The maximum absolute atomic E-state index is 13.0. The molecule has 6 heteroatoms. The Bertz CT molecular complexity index is 1010. The Morgan fingerprint density at radius 2 is 1.85 bits per heavy atom. The van der Waals surface area contributed by atoms with Crippen molar-refractivity contribution < 1.29 is 23.8 Å². The predicted octanol–water partition coefficient (Wildman–Crippen LogP) is 3.06. The highest BCUT2D eigenvalue weighted by Gasteiger charge is 2.43. The van der Waals surface area contributed by atoms with Crippen molar-refractivity contribution >= 4 is 17.6 Å². The van der Waals surface area contributed by atoms with Gasteiger partial charge in [0.1, 0.15) is 6.61 Å². The van der Waals surface area contributed by atoms with Crippen molar-refractivity contribution in [3.8, 4) is 11.5 Å². The number of hydrogen-bond acceptors (Lipinski definition) is 5. The van der Waals surface area contributed by atoms with Crippen LogP contribution in [-0.4, -0.2) is 25.3 Å². The van der Waals surface area contributed by atoms with Crippen molar-refractivity contribution in [1.82, 2.24) is 0 Å². The highest BCUT2D eigenvalue weighted by Crippen LogP contribution is 2.44. The number of benzene rings is 2. The van der Waals surface area contributed by atoms with Crippen LogP contribution in [0.25, 0.3) is 0 Å². The number of rotatable bonds is 2. The minimum atomic E-state index is -0.363. The van der Waals surface area contributed by atoms with Gasteiger partial charge in [0, 0.05) is 18.0 Å². The molecule has 0 aliphatic carbocycles. The van der Waals surface area contributed by atoms with Gasteiger partial charge in [-0.3, -0.25) is 9.69 Å². The average molecular weight is 363 g/mol. The number of ether oxygens (including phenoxy) is 3. The quantitative estimate of drug-likeness (QED) is 0.768. The average Bonchev–Trinajstić information content (AvgIpc) is 3.27. The van der Waals surface area contributed by atoms with E-state index in [1.165, 1.54) is 0 Å². The van der Waals surface area contributed by atoms with Gasteiger partial charge in [0.15, 0.2) is 11.5 Å². The third-order valence-corrected chi connectivity index (χ3v) is 5.18. The number of carbonyl (C=O) groups excluding carboxylic acids is 2. The van der Waals surface area contributed by atoms with Crippen LogP contribution in [0, 0.1) is 6.92 Å². The summed E-state index contributed by atoms with van der Waals surface area (Å²) in [5, 5.41) is 0. The first-order chi connectivity index (χ1) is 13.1. The number of aryl methyl sites for hydroxylation is 1. The minimum absolute atomic E-state index is 0.0553. The summed E-state index contributed by atoms with van der Waals surface area (Å²) in [5.41, 5.74) is 3.84. The molecule has 3 aliphatic heterocycles. The lowest BCUT2D eigenvalue weighted by Gasteiger charge is -2.32. The number of cyclic esters (lactones) is 1. The van der Waals surface area contributed by atoms with E-state index < -0.39 is 0 Å². The first-order valence-corrected chi connectivity index (χ1v) is 8.81. The molecule has 0 saturated heterocycles. The number of carbonyl (C=O) groups is 2. The molecule has 0 aromatic heterocycles. The van der Waals surface area contributed by atoms with Gasteiger partial charge in [0.05, 0.1) is 11.3 Å². The number of amides is 1. The van der Waals surface area contributed by atoms with E-state index in [0.717, 1.165) is 16.8 Å². The number of nitrogens with zero attached hydrogens (tertiary/aromatic N) is 1. The molecule has 2 aromatic carbocycles. The van der Waals surface area contributed by atoms with E-state index in [0.29, 0.717) is 22.8 Å². The minimum Gasteiger partial charge on any atom is -0.456 e. The Kier molecular flexibility index (Phi) is 3.47. The molecule has 1 unspecified atom stereocenters. The summed E-state index contributed by atoms with van der Waals surface area (Å²) in [6, 6.07) is 13.2. The lowest BCUT2D eigenvalue weighted by molar-refractivity contribution is -0.136. The van der Waals surface area contributed by atoms with Crippen molar-refractivity contribution in [2.45, 2.75) is 19.3 Å². The molecule has 136 valence electrons. The van der Waals surface area contributed by atoms with Crippen molar-refractivity contribution in [1.29, 1.82) is 0 Å². The molecule has 2 aromatic rings. The fourth-order valence-electron chi connectivity index (χ4n) is 3.94. The fraction of sp³-hybridized carbons (Fsp3) is 0.238. The molecule has 3 aliphatic rings. The summed E-state index contributed by atoms with van der Waals surface area (Å²) in [6.07, 6.45) is 0.196. The summed E-state index contributed by atoms with van der Waals surface area (Å²) in [7, 11) is 0. The molecule has 6 nitrogen and oxygen atoms in total. The van der Waals surface area contributed by atoms with E-state index in [1.807, 2.05) is 49.4 Å². The van der Waals surface area contributed by atoms with Crippen LogP contribution in [0.3, 0.4) is 0 Å². The van der Waals surface area contributed by atoms with Crippen molar-refractivity contribution in [2.75, 3.05) is 18.3 Å². The van der Waals surface area contributed by atoms with Crippen LogP contribution in [0.5, 0.6) is 11.5 Å². The van der Waals surface area contributed by atoms with E-state index in [9.17, 15) is 9.59 Å². The molecule has 0 spiro atoms. The Labute approximate surface area is 155 Å². The van der Waals surface area contributed by atoms with Crippen LogP contribution >= 0.6 is 0 Å². The van der Waals surface area contributed by atoms with Crippen LogP contribution < -0.4 is 14.4 Å². The van der Waals surface area contributed by atoms with Gasteiger partial charge >= 0.3 is 5.97 Å². The fourth-order valence-corrected chi connectivity index (χ4v) is 3.94. The second-order valence-corrected chi connectivity index (χ2v) is 6.87. The number of fused-ring (bicyclic) bond motifs is 1. The summed E-state index contributed by atoms with van der Waals surface area (Å²) in [4.78, 5) is 27.2. The van der Waals surface area contributed by atoms with E-state index in [-0.39, 0.29) is 37.6 Å². The third-order valence-electron chi connectivity index (χ3n) is 5.18. The van der Waals surface area contributed by atoms with Crippen LogP contribution in [0.15, 0.2) is 53.7 Å². The molecule has 0 saturated carbocycles. The van der Waals surface area contributed by atoms with Gasteiger partial charge in [-0.2, -0.15) is 0 Å². The van der Waals surface area contributed by atoms with Crippen LogP contribution in [-0.2, 0) is 14.3 Å². The molecule has 3 heterocycles. The largest absolute Gasteiger partial charge is 0.456 e. The first kappa shape index (κ1) is 15.9. The van der Waals surface area contributed by atoms with Crippen molar-refractivity contribution in [3.05, 3.63) is 64.9 Å². The molecular weight excluding hydrogens is 346 g/mol. The van der Waals surface area contributed by atoms with Gasteiger partial charge < -0.3 is 14.2 Å². The van der Waals surface area contributed by atoms with Crippen LogP contribution in [0.2, 0.25) is 0 Å². The molecule has 5 rings (SSSR count). The molecule has 0 fully saturated rings. The van der Waals surface area contributed by atoms with Gasteiger partial charge in [0.25, 0.3) is 0 Å². The predicted molar refractivity (Wildman–Crippen MR) is 96.6 cm³/mol. The molecule has 27 heavy (non-hydrogen) atoms. The SMILES string of the molecule is Cc1cccc(N2C(=O)CC(c3ccc4c(c3)OCO4)C3=C2COC3=O)c1. The Morgan fingerprint density at radius 1 is 1.00 bits per heavy atom. The number of hydrogen-bond donors (Lipinski definition) is 0. The zero-order valence-corrected chi connectivity index (χ0v) is 14.7. The summed E-state index contributed by atoms with van der Waals surface area (Å²) >= 11 is 0. The van der Waals surface area contributed by atoms with Crippen molar-refractivity contribution in [3.63, 3.8) is 0 Å². The Morgan fingerprint density at radius 3 is 2.70 bits per heavy atom. The Balaban J connectivity index is 1.61. The topological polar surface area (TPSA) is 65.1 Å². The molecule has 0 N–H and O–H groups in total. The molecular formula is C21H17NO5. The highest BCUT2D eigenvalue weighted by atomic mass is 16.7. The normalized spacial score (nSPS) is 20.8. The summed E-state index contributed by atoms with van der Waals surface area (Å²) in [5.74, 6) is 0.538. The molecule has 1 amide bonds. The van der Waals surface area contributed by atoms with E-state index in [2.05, 4.69) is 0 Å². The maximum Gasteiger partial charge on any atom is 0.336 e.